The summed E-state index contributed by atoms with van der Waals surface area (Å²) in [5, 5.41) is 10.8. The molecule has 0 heterocycles. The molecule has 5 nitrogen and oxygen atoms in total. The monoisotopic (exact) mass is 239 g/mol. The standard InChI is InChI=1S/C10H6ClNO4/c1-2-5-16-10(13)8-4-3-7(11)6-9(8)12(14)15/h1,3-4,6H,5H2. The van der Waals surface area contributed by atoms with Gasteiger partial charge in [-0.2, -0.15) is 0 Å². The highest BCUT2D eigenvalue weighted by molar-refractivity contribution is 6.31. The number of rotatable bonds is 3. The molecule has 0 unspecified atom stereocenters. The Morgan fingerprint density at radius 3 is 2.88 bits per heavy atom. The van der Waals surface area contributed by atoms with Crippen LogP contribution in [0.1, 0.15) is 10.4 Å². The van der Waals surface area contributed by atoms with E-state index in [1.165, 1.54) is 12.1 Å². The molecule has 1 aromatic rings. The third-order valence-electron chi connectivity index (χ3n) is 1.66. The van der Waals surface area contributed by atoms with Gasteiger partial charge in [0, 0.05) is 11.1 Å². The summed E-state index contributed by atoms with van der Waals surface area (Å²) in [7, 11) is 0. The first-order valence-corrected chi connectivity index (χ1v) is 4.48. The summed E-state index contributed by atoms with van der Waals surface area (Å²) in [4.78, 5) is 21.3. The van der Waals surface area contributed by atoms with Crippen molar-refractivity contribution in [1.82, 2.24) is 0 Å². The fourth-order valence-corrected chi connectivity index (χ4v) is 1.18. The molecule has 0 bridgehead atoms. The Bertz CT molecular complexity index is 478. The molecule has 0 aliphatic carbocycles. The van der Waals surface area contributed by atoms with Crippen molar-refractivity contribution in [2.45, 2.75) is 0 Å². The average Bonchev–Trinajstić information content (AvgIpc) is 2.25. The molecule has 0 aliphatic rings. The van der Waals surface area contributed by atoms with Crippen LogP contribution in [-0.4, -0.2) is 17.5 Å². The maximum Gasteiger partial charge on any atom is 0.346 e. The Hall–Kier alpha value is -2.06. The highest BCUT2D eigenvalue weighted by atomic mass is 35.5. The third kappa shape index (κ3) is 2.72. The molecule has 0 spiro atoms. The predicted molar refractivity (Wildman–Crippen MR) is 57.2 cm³/mol. The van der Waals surface area contributed by atoms with E-state index in [9.17, 15) is 14.9 Å². The normalized spacial score (nSPS) is 9.25. The van der Waals surface area contributed by atoms with Gasteiger partial charge < -0.3 is 4.74 Å². The number of nitro groups is 1. The number of hydrogen-bond acceptors (Lipinski definition) is 4. The van der Waals surface area contributed by atoms with Crippen LogP contribution in [-0.2, 0) is 4.74 Å². The third-order valence-corrected chi connectivity index (χ3v) is 1.90. The van der Waals surface area contributed by atoms with E-state index in [0.29, 0.717) is 0 Å². The van der Waals surface area contributed by atoms with E-state index in [2.05, 4.69) is 10.7 Å². The Morgan fingerprint density at radius 1 is 1.62 bits per heavy atom. The number of halogens is 1. The van der Waals surface area contributed by atoms with Crippen molar-refractivity contribution in [2.24, 2.45) is 0 Å². The van der Waals surface area contributed by atoms with Gasteiger partial charge in [-0.25, -0.2) is 4.79 Å². The topological polar surface area (TPSA) is 69.4 Å². The number of hydrogen-bond donors (Lipinski definition) is 0. The zero-order chi connectivity index (χ0) is 12.1. The fraction of sp³-hybridized carbons (Fsp3) is 0.100. The van der Waals surface area contributed by atoms with Crippen molar-refractivity contribution in [1.29, 1.82) is 0 Å². The molecule has 0 N–H and O–H groups in total. The lowest BCUT2D eigenvalue weighted by Gasteiger charge is -2.02. The fourth-order valence-electron chi connectivity index (χ4n) is 1.01. The van der Waals surface area contributed by atoms with E-state index in [1.807, 2.05) is 0 Å². The lowest BCUT2D eigenvalue weighted by molar-refractivity contribution is -0.385. The van der Waals surface area contributed by atoms with Crippen molar-refractivity contribution < 1.29 is 14.5 Å². The van der Waals surface area contributed by atoms with Gasteiger partial charge in [0.15, 0.2) is 6.61 Å². The molecule has 6 heteroatoms. The zero-order valence-electron chi connectivity index (χ0n) is 7.97. The molecule has 16 heavy (non-hydrogen) atoms. The SMILES string of the molecule is C#CCOC(=O)c1ccc(Cl)cc1[N+](=O)[O-]. The molecule has 1 rings (SSSR count). The number of ether oxygens (including phenoxy) is 1. The second kappa shape index (κ2) is 5.14. The van der Waals surface area contributed by atoms with Gasteiger partial charge in [0.25, 0.3) is 5.69 Å². The van der Waals surface area contributed by atoms with Crippen LogP contribution in [0.2, 0.25) is 5.02 Å². The van der Waals surface area contributed by atoms with Gasteiger partial charge >= 0.3 is 5.97 Å². The molecule has 82 valence electrons. The van der Waals surface area contributed by atoms with Crippen LogP contribution in [0.5, 0.6) is 0 Å². The van der Waals surface area contributed by atoms with Gasteiger partial charge in [0.2, 0.25) is 0 Å². The molecule has 1 aromatic carbocycles. The summed E-state index contributed by atoms with van der Waals surface area (Å²) in [6.07, 6.45) is 4.89. The summed E-state index contributed by atoms with van der Waals surface area (Å²) >= 11 is 5.58. The minimum atomic E-state index is -0.846. The Kier molecular flexibility index (Phi) is 3.86. The van der Waals surface area contributed by atoms with Crippen LogP contribution in [0, 0.1) is 22.5 Å². The Morgan fingerprint density at radius 2 is 2.31 bits per heavy atom. The van der Waals surface area contributed by atoms with Crippen LogP contribution >= 0.6 is 11.6 Å². The van der Waals surface area contributed by atoms with Gasteiger partial charge in [-0.1, -0.05) is 17.5 Å². The molecular weight excluding hydrogens is 234 g/mol. The number of terminal acetylenes is 1. The number of benzene rings is 1. The van der Waals surface area contributed by atoms with Gasteiger partial charge in [0.05, 0.1) is 4.92 Å². The second-order valence-electron chi connectivity index (χ2n) is 2.70. The minimum Gasteiger partial charge on any atom is -0.449 e. The summed E-state index contributed by atoms with van der Waals surface area (Å²) in [6, 6.07) is 3.66. The van der Waals surface area contributed by atoms with Crippen LogP contribution in [0.15, 0.2) is 18.2 Å². The number of carbonyl (C=O) groups excluding carboxylic acids is 1. The molecule has 0 radical (unpaired) electrons. The van der Waals surface area contributed by atoms with E-state index in [4.69, 9.17) is 18.0 Å². The van der Waals surface area contributed by atoms with E-state index >= 15 is 0 Å². The first kappa shape index (κ1) is 12.0. The predicted octanol–water partition coefficient (Wildman–Crippen LogP) is 2.04. The first-order chi connectivity index (χ1) is 7.56. The summed E-state index contributed by atoms with van der Waals surface area (Å²) in [5.41, 5.74) is -0.584. The lowest BCUT2D eigenvalue weighted by atomic mass is 10.2. The Labute approximate surface area is 96.1 Å². The van der Waals surface area contributed by atoms with Gasteiger partial charge in [-0.3, -0.25) is 10.1 Å². The van der Waals surface area contributed by atoms with E-state index in [-0.39, 0.29) is 17.2 Å². The number of esters is 1. The minimum absolute atomic E-state index is 0.167. The maximum absolute atomic E-state index is 11.4. The van der Waals surface area contributed by atoms with Crippen LogP contribution < -0.4 is 0 Å². The van der Waals surface area contributed by atoms with E-state index in [0.717, 1.165) is 6.07 Å². The van der Waals surface area contributed by atoms with Crippen molar-refractivity contribution in [3.63, 3.8) is 0 Å². The second-order valence-corrected chi connectivity index (χ2v) is 3.14. The quantitative estimate of drug-likeness (QED) is 0.350. The first-order valence-electron chi connectivity index (χ1n) is 4.10. The summed E-state index contributed by atoms with van der Waals surface area (Å²) < 4.78 is 4.59. The van der Waals surface area contributed by atoms with Crippen molar-refractivity contribution >= 4 is 23.3 Å². The molecule has 0 atom stereocenters. The lowest BCUT2D eigenvalue weighted by Crippen LogP contribution is -2.08. The number of carbonyl (C=O) groups is 1. The van der Waals surface area contributed by atoms with Crippen LogP contribution in [0.4, 0.5) is 5.69 Å². The highest BCUT2D eigenvalue weighted by Crippen LogP contribution is 2.23. The number of nitrogens with zero attached hydrogens (tertiary/aromatic N) is 1. The largest absolute Gasteiger partial charge is 0.449 e. The van der Waals surface area contributed by atoms with E-state index < -0.39 is 16.6 Å². The smallest absolute Gasteiger partial charge is 0.346 e. The van der Waals surface area contributed by atoms with Gasteiger partial charge in [-0.05, 0) is 12.1 Å². The van der Waals surface area contributed by atoms with Crippen LogP contribution in [0.25, 0.3) is 0 Å². The van der Waals surface area contributed by atoms with Crippen LogP contribution in [0.3, 0.4) is 0 Å². The molecule has 0 aromatic heterocycles. The molecule has 0 saturated heterocycles. The summed E-state index contributed by atoms with van der Waals surface area (Å²) in [6.45, 7) is -0.237. The molecule has 0 saturated carbocycles. The van der Waals surface area contributed by atoms with Gasteiger partial charge in [-0.15, -0.1) is 6.42 Å². The highest BCUT2D eigenvalue weighted by Gasteiger charge is 2.21. The zero-order valence-corrected chi connectivity index (χ0v) is 8.73. The van der Waals surface area contributed by atoms with Crippen molar-refractivity contribution in [2.75, 3.05) is 6.61 Å². The average molecular weight is 240 g/mol. The van der Waals surface area contributed by atoms with Gasteiger partial charge in [0.1, 0.15) is 5.56 Å². The van der Waals surface area contributed by atoms with Crippen molar-refractivity contribution in [3.05, 3.63) is 38.9 Å². The molecule has 0 fully saturated rings. The van der Waals surface area contributed by atoms with Crippen molar-refractivity contribution in [3.8, 4) is 12.3 Å². The number of nitro benzene ring substituents is 1. The van der Waals surface area contributed by atoms with E-state index in [1.54, 1.807) is 0 Å². The molecule has 0 amide bonds. The molecular formula is C10H6ClNO4. The Balaban J connectivity index is 3.08. The maximum atomic E-state index is 11.4. The summed E-state index contributed by atoms with van der Waals surface area (Å²) in [5.74, 6) is 1.24. The molecule has 0 aliphatic heterocycles.